The first kappa shape index (κ1) is 15.1. The van der Waals surface area contributed by atoms with Crippen LogP contribution in [0.2, 0.25) is 0 Å². The number of fused-ring (bicyclic) bond motifs is 1. The molecule has 0 saturated heterocycles. The summed E-state index contributed by atoms with van der Waals surface area (Å²) in [5.74, 6) is -0.959. The van der Waals surface area contributed by atoms with Gasteiger partial charge in [-0.15, -0.1) is 11.3 Å². The minimum atomic E-state index is -0.607. The monoisotopic (exact) mass is 371 g/mol. The van der Waals surface area contributed by atoms with Crippen molar-refractivity contribution in [2.45, 2.75) is 38.1 Å². The Bertz CT molecular complexity index is 645. The van der Waals surface area contributed by atoms with E-state index in [1.165, 1.54) is 35.8 Å². The molecule has 0 saturated carbocycles. The minimum Gasteiger partial charge on any atom is -0.320 e. The summed E-state index contributed by atoms with van der Waals surface area (Å²) in [5.41, 5.74) is 7.72. The van der Waals surface area contributed by atoms with Crippen LogP contribution in [-0.2, 0) is 12.8 Å². The highest BCUT2D eigenvalue weighted by Gasteiger charge is 2.21. The molecule has 1 nitrogen and oxygen atoms in total. The van der Waals surface area contributed by atoms with Crippen molar-refractivity contribution in [2.75, 3.05) is 0 Å². The molecule has 1 aromatic carbocycles. The number of hydrogen-bond acceptors (Lipinski definition) is 2. The van der Waals surface area contributed by atoms with Crippen LogP contribution < -0.4 is 5.73 Å². The number of thiophene rings is 1. The van der Waals surface area contributed by atoms with Gasteiger partial charge < -0.3 is 5.73 Å². The van der Waals surface area contributed by atoms with Crippen molar-refractivity contribution in [1.82, 2.24) is 0 Å². The van der Waals surface area contributed by atoms with Gasteiger partial charge in [0.05, 0.1) is 10.5 Å². The second kappa shape index (κ2) is 6.15. The molecule has 0 aliphatic heterocycles. The number of nitrogens with two attached hydrogens (primary N) is 1. The molecule has 1 aliphatic carbocycles. The van der Waals surface area contributed by atoms with E-state index in [-0.39, 0.29) is 10.0 Å². The fraction of sp³-hybridized carbons (Fsp3) is 0.375. The molecule has 0 spiro atoms. The van der Waals surface area contributed by atoms with E-state index < -0.39 is 17.7 Å². The van der Waals surface area contributed by atoms with Gasteiger partial charge in [0.1, 0.15) is 11.6 Å². The molecule has 0 radical (unpaired) electrons. The maximum absolute atomic E-state index is 14.0. The van der Waals surface area contributed by atoms with E-state index in [1.54, 1.807) is 11.3 Å². The van der Waals surface area contributed by atoms with Crippen molar-refractivity contribution in [3.63, 3.8) is 0 Å². The van der Waals surface area contributed by atoms with E-state index in [4.69, 9.17) is 5.73 Å². The Morgan fingerprint density at radius 1 is 1.05 bits per heavy atom. The van der Waals surface area contributed by atoms with Crippen LogP contribution in [0, 0.1) is 11.6 Å². The molecule has 1 atom stereocenters. The van der Waals surface area contributed by atoms with Crippen LogP contribution in [0.3, 0.4) is 0 Å². The Labute approximate surface area is 135 Å². The van der Waals surface area contributed by atoms with Gasteiger partial charge in [0.25, 0.3) is 0 Å². The third-order valence-electron chi connectivity index (χ3n) is 3.95. The normalized spacial score (nSPS) is 16.4. The Morgan fingerprint density at radius 3 is 2.62 bits per heavy atom. The van der Waals surface area contributed by atoms with Gasteiger partial charge in [-0.05, 0) is 65.4 Å². The van der Waals surface area contributed by atoms with E-state index in [1.807, 2.05) is 0 Å². The van der Waals surface area contributed by atoms with Gasteiger partial charge in [0.2, 0.25) is 0 Å². The summed E-state index contributed by atoms with van der Waals surface area (Å²) in [6, 6.07) is 3.80. The molecule has 2 aromatic rings. The summed E-state index contributed by atoms with van der Waals surface area (Å²) in [7, 11) is 0. The summed E-state index contributed by atoms with van der Waals surface area (Å²) >= 11 is 4.63. The minimum absolute atomic E-state index is 0.123. The number of rotatable bonds is 2. The molecule has 21 heavy (non-hydrogen) atoms. The lowest BCUT2D eigenvalue weighted by Gasteiger charge is -2.12. The van der Waals surface area contributed by atoms with Gasteiger partial charge in [0, 0.05) is 15.3 Å². The third kappa shape index (κ3) is 3.05. The van der Waals surface area contributed by atoms with Gasteiger partial charge in [-0.2, -0.15) is 0 Å². The molecular weight excluding hydrogens is 356 g/mol. The molecule has 5 heteroatoms. The number of aryl methyl sites for hydroxylation is 2. The SMILES string of the molecule is NC(c1cc2c(s1)CCCCC2)c1cc(F)c(Br)cc1F. The van der Waals surface area contributed by atoms with Gasteiger partial charge in [0.15, 0.2) is 0 Å². The lowest BCUT2D eigenvalue weighted by atomic mass is 10.0. The third-order valence-corrected chi connectivity index (χ3v) is 5.87. The molecule has 1 unspecified atom stereocenters. The standard InChI is InChI=1S/C16H16BrF2NS/c17-11-8-12(18)10(7-13(11)19)16(20)15-6-9-4-2-1-3-5-14(9)21-15/h6-8,16H,1-5,20H2. The van der Waals surface area contributed by atoms with Crippen molar-refractivity contribution in [3.8, 4) is 0 Å². The van der Waals surface area contributed by atoms with Crippen molar-refractivity contribution < 1.29 is 8.78 Å². The topological polar surface area (TPSA) is 26.0 Å². The van der Waals surface area contributed by atoms with Crippen LogP contribution in [-0.4, -0.2) is 0 Å². The molecule has 1 aromatic heterocycles. The maximum Gasteiger partial charge on any atom is 0.137 e. The van der Waals surface area contributed by atoms with Gasteiger partial charge in [-0.3, -0.25) is 0 Å². The Morgan fingerprint density at radius 2 is 1.81 bits per heavy atom. The highest BCUT2D eigenvalue weighted by Crippen LogP contribution is 2.35. The molecule has 3 rings (SSSR count). The van der Waals surface area contributed by atoms with E-state index in [0.717, 1.165) is 23.8 Å². The van der Waals surface area contributed by atoms with E-state index in [2.05, 4.69) is 22.0 Å². The fourth-order valence-electron chi connectivity index (χ4n) is 2.77. The van der Waals surface area contributed by atoms with Gasteiger partial charge in [-0.25, -0.2) is 8.78 Å². The Kier molecular flexibility index (Phi) is 4.43. The predicted molar refractivity (Wildman–Crippen MR) is 85.7 cm³/mol. The van der Waals surface area contributed by atoms with E-state index in [9.17, 15) is 8.78 Å². The molecule has 112 valence electrons. The average molecular weight is 372 g/mol. The fourth-order valence-corrected chi connectivity index (χ4v) is 4.37. The van der Waals surface area contributed by atoms with Crippen LogP contribution in [0.4, 0.5) is 8.78 Å². The first-order valence-corrected chi connectivity index (χ1v) is 8.68. The summed E-state index contributed by atoms with van der Waals surface area (Å²) < 4.78 is 27.8. The zero-order valence-electron chi connectivity index (χ0n) is 11.5. The lowest BCUT2D eigenvalue weighted by molar-refractivity contribution is 0.573. The molecule has 2 N–H and O–H groups in total. The zero-order valence-corrected chi connectivity index (χ0v) is 13.9. The van der Waals surface area contributed by atoms with E-state index >= 15 is 0 Å². The summed E-state index contributed by atoms with van der Waals surface area (Å²) in [6.45, 7) is 0. The van der Waals surface area contributed by atoms with Crippen LogP contribution in [0.15, 0.2) is 22.7 Å². The number of hydrogen-bond donors (Lipinski definition) is 1. The molecule has 0 amide bonds. The first-order chi connectivity index (χ1) is 10.1. The van der Waals surface area contributed by atoms with E-state index in [0.29, 0.717) is 0 Å². The summed E-state index contributed by atoms with van der Waals surface area (Å²) in [4.78, 5) is 2.28. The first-order valence-electron chi connectivity index (χ1n) is 7.08. The molecule has 0 bridgehead atoms. The number of halogens is 3. The van der Waals surface area contributed by atoms with Crippen molar-refractivity contribution >= 4 is 27.3 Å². The predicted octanol–water partition coefficient (Wildman–Crippen LogP) is 5.11. The quantitative estimate of drug-likeness (QED) is 0.576. The van der Waals surface area contributed by atoms with Crippen LogP contribution in [0.1, 0.15) is 46.2 Å². The molecule has 0 fully saturated rings. The lowest BCUT2D eigenvalue weighted by Crippen LogP contribution is -2.12. The smallest absolute Gasteiger partial charge is 0.137 e. The summed E-state index contributed by atoms with van der Waals surface area (Å²) in [6.07, 6.45) is 5.79. The van der Waals surface area contributed by atoms with Crippen LogP contribution in [0.25, 0.3) is 0 Å². The number of benzene rings is 1. The van der Waals surface area contributed by atoms with Crippen LogP contribution >= 0.6 is 27.3 Å². The summed E-state index contributed by atoms with van der Waals surface area (Å²) in [5, 5.41) is 0. The largest absolute Gasteiger partial charge is 0.320 e. The second-order valence-corrected chi connectivity index (χ2v) is 7.45. The Balaban J connectivity index is 1.95. The highest BCUT2D eigenvalue weighted by atomic mass is 79.9. The van der Waals surface area contributed by atoms with Crippen molar-refractivity contribution in [3.05, 3.63) is 55.2 Å². The van der Waals surface area contributed by atoms with Crippen LogP contribution in [0.5, 0.6) is 0 Å². The second-order valence-electron chi connectivity index (χ2n) is 5.42. The molecule has 1 aliphatic rings. The maximum atomic E-state index is 14.0. The van der Waals surface area contributed by atoms with Crippen molar-refractivity contribution in [1.29, 1.82) is 0 Å². The highest BCUT2D eigenvalue weighted by molar-refractivity contribution is 9.10. The molecular formula is C16H16BrF2NS. The van der Waals surface area contributed by atoms with Gasteiger partial charge >= 0.3 is 0 Å². The molecule has 1 heterocycles. The average Bonchev–Trinajstić information content (AvgIpc) is 2.73. The zero-order chi connectivity index (χ0) is 15.0. The van der Waals surface area contributed by atoms with Crippen molar-refractivity contribution in [2.24, 2.45) is 5.73 Å². The van der Waals surface area contributed by atoms with Gasteiger partial charge in [-0.1, -0.05) is 6.42 Å². The Hall–Kier alpha value is -0.780.